The van der Waals surface area contributed by atoms with Gasteiger partial charge >= 0.3 is 0 Å². The van der Waals surface area contributed by atoms with Gasteiger partial charge in [0.2, 0.25) is 0 Å². The van der Waals surface area contributed by atoms with Crippen molar-refractivity contribution in [2.45, 2.75) is 52.1 Å². The van der Waals surface area contributed by atoms with Crippen LogP contribution in [0.4, 0.5) is 5.69 Å². The maximum Gasteiger partial charge on any atom is 0.189 e. The van der Waals surface area contributed by atoms with E-state index in [0.29, 0.717) is 0 Å². The van der Waals surface area contributed by atoms with Crippen LogP contribution in [0.5, 0.6) is 0 Å². The lowest BCUT2D eigenvalue weighted by molar-refractivity contribution is 0.192. The molecule has 20 heavy (non-hydrogen) atoms. The van der Waals surface area contributed by atoms with Gasteiger partial charge in [-0.15, -0.1) is 0 Å². The molecule has 108 valence electrons. The summed E-state index contributed by atoms with van der Waals surface area (Å²) in [4.78, 5) is 0. The quantitative estimate of drug-likeness (QED) is 0.775. The number of nitrogens with one attached hydrogen (secondary N) is 2. The number of rotatable bonds is 1. The molecule has 1 saturated carbocycles. The predicted octanol–water partition coefficient (Wildman–Crippen LogP) is 3.41. The molecule has 0 radical (unpaired) electrons. The third-order valence-electron chi connectivity index (χ3n) is 4.62. The summed E-state index contributed by atoms with van der Waals surface area (Å²) in [7, 11) is 0. The first kappa shape index (κ1) is 13.8. The highest BCUT2D eigenvalue weighted by atomic mass is 32.1. The number of hydrazine groups is 1. The number of nitrogens with zero attached hydrogens (tertiary/aromatic N) is 1. The van der Waals surface area contributed by atoms with Crippen molar-refractivity contribution in [1.82, 2.24) is 10.7 Å². The summed E-state index contributed by atoms with van der Waals surface area (Å²) < 4.78 is 0. The van der Waals surface area contributed by atoms with E-state index in [-0.39, 0.29) is 5.66 Å². The van der Waals surface area contributed by atoms with Gasteiger partial charge in [0.1, 0.15) is 5.66 Å². The molecule has 2 atom stereocenters. The highest BCUT2D eigenvalue weighted by Crippen LogP contribution is 2.34. The molecular weight excluding hydrogens is 266 g/mol. The standard InChI is InChI=1S/C16H23N3S/c1-11-5-4-8-16(10-11)17-15(20)19(18-16)14-7-6-12(2)13(3)9-14/h6-7,9,11,18H,4-5,8,10H2,1-3H3,(H,17,20)/t11-,16-/m0/s1. The Balaban J connectivity index is 1.85. The van der Waals surface area contributed by atoms with E-state index < -0.39 is 0 Å². The van der Waals surface area contributed by atoms with Crippen LogP contribution in [0.15, 0.2) is 18.2 Å². The van der Waals surface area contributed by atoms with Crippen LogP contribution in [0.1, 0.15) is 43.7 Å². The third kappa shape index (κ3) is 2.42. The number of thiocarbonyl (C=S) groups is 1. The summed E-state index contributed by atoms with van der Waals surface area (Å²) in [6.07, 6.45) is 4.85. The van der Waals surface area contributed by atoms with Gasteiger partial charge in [0.05, 0.1) is 5.69 Å². The van der Waals surface area contributed by atoms with Crippen LogP contribution >= 0.6 is 12.2 Å². The van der Waals surface area contributed by atoms with E-state index in [1.165, 1.54) is 24.0 Å². The lowest BCUT2D eigenvalue weighted by Gasteiger charge is -2.36. The van der Waals surface area contributed by atoms with Gasteiger partial charge in [0, 0.05) is 0 Å². The minimum atomic E-state index is -0.0342. The second kappa shape index (κ2) is 5.01. The normalized spacial score (nSPS) is 29.9. The molecule has 1 aliphatic carbocycles. The first-order chi connectivity index (χ1) is 9.49. The zero-order valence-corrected chi connectivity index (χ0v) is 13.3. The highest BCUT2D eigenvalue weighted by molar-refractivity contribution is 7.80. The summed E-state index contributed by atoms with van der Waals surface area (Å²) >= 11 is 5.54. The van der Waals surface area contributed by atoms with Crippen molar-refractivity contribution in [3.05, 3.63) is 29.3 Å². The fraction of sp³-hybridized carbons (Fsp3) is 0.562. The molecule has 0 bridgehead atoms. The molecule has 0 amide bonds. The van der Waals surface area contributed by atoms with Crippen molar-refractivity contribution in [1.29, 1.82) is 0 Å². The van der Waals surface area contributed by atoms with Gasteiger partial charge in [-0.2, -0.15) is 0 Å². The number of aryl methyl sites for hydroxylation is 2. The molecule has 1 aromatic carbocycles. The maximum absolute atomic E-state index is 5.54. The minimum Gasteiger partial charge on any atom is -0.342 e. The Kier molecular flexibility index (Phi) is 3.46. The van der Waals surface area contributed by atoms with Gasteiger partial charge in [-0.1, -0.05) is 19.4 Å². The minimum absolute atomic E-state index is 0.0342. The van der Waals surface area contributed by atoms with E-state index in [0.717, 1.165) is 29.6 Å². The van der Waals surface area contributed by atoms with Crippen LogP contribution in [0.2, 0.25) is 0 Å². The van der Waals surface area contributed by atoms with Gasteiger partial charge < -0.3 is 5.32 Å². The van der Waals surface area contributed by atoms with Crippen LogP contribution in [0.25, 0.3) is 0 Å². The third-order valence-corrected chi connectivity index (χ3v) is 4.91. The Labute approximate surface area is 126 Å². The van der Waals surface area contributed by atoms with E-state index in [2.05, 4.69) is 49.7 Å². The molecule has 4 heteroatoms. The zero-order chi connectivity index (χ0) is 14.3. The first-order valence-electron chi connectivity index (χ1n) is 7.46. The Morgan fingerprint density at radius 2 is 2.10 bits per heavy atom. The smallest absolute Gasteiger partial charge is 0.189 e. The highest BCUT2D eigenvalue weighted by Gasteiger charge is 2.43. The SMILES string of the molecule is Cc1ccc(N2N[C@]3(CCC[C@H](C)C3)NC2=S)cc1C. The van der Waals surface area contributed by atoms with Crippen molar-refractivity contribution >= 4 is 23.0 Å². The fourth-order valence-corrected chi connectivity index (χ4v) is 3.71. The average molecular weight is 289 g/mol. The van der Waals surface area contributed by atoms with E-state index in [4.69, 9.17) is 12.2 Å². The summed E-state index contributed by atoms with van der Waals surface area (Å²) in [6, 6.07) is 6.49. The number of hydrogen-bond acceptors (Lipinski definition) is 2. The molecule has 2 aliphatic rings. The topological polar surface area (TPSA) is 27.3 Å². The summed E-state index contributed by atoms with van der Waals surface area (Å²) in [5.41, 5.74) is 7.33. The molecule has 0 aromatic heterocycles. The van der Waals surface area contributed by atoms with Crippen molar-refractivity contribution in [3.8, 4) is 0 Å². The number of anilines is 1. The van der Waals surface area contributed by atoms with Gasteiger partial charge in [0.15, 0.2) is 5.11 Å². The van der Waals surface area contributed by atoms with E-state index in [1.54, 1.807) is 0 Å². The van der Waals surface area contributed by atoms with Crippen molar-refractivity contribution in [2.24, 2.45) is 5.92 Å². The van der Waals surface area contributed by atoms with Gasteiger partial charge in [0.25, 0.3) is 0 Å². The van der Waals surface area contributed by atoms with Crippen molar-refractivity contribution in [3.63, 3.8) is 0 Å². The van der Waals surface area contributed by atoms with E-state index in [1.807, 2.05) is 5.01 Å². The molecule has 3 nitrogen and oxygen atoms in total. The number of benzene rings is 1. The van der Waals surface area contributed by atoms with E-state index in [9.17, 15) is 0 Å². The average Bonchev–Trinajstić information content (AvgIpc) is 2.69. The van der Waals surface area contributed by atoms with Gasteiger partial charge in [-0.25, -0.2) is 5.43 Å². The second-order valence-electron chi connectivity index (χ2n) is 6.43. The Hall–Kier alpha value is -1.13. The molecule has 1 heterocycles. The van der Waals surface area contributed by atoms with E-state index >= 15 is 0 Å². The van der Waals surface area contributed by atoms with Crippen LogP contribution in [0, 0.1) is 19.8 Å². The molecular formula is C16H23N3S. The number of hydrogen-bond donors (Lipinski definition) is 2. The Morgan fingerprint density at radius 3 is 2.80 bits per heavy atom. The molecule has 1 spiro atoms. The first-order valence-corrected chi connectivity index (χ1v) is 7.87. The molecule has 1 aromatic rings. The molecule has 3 rings (SSSR count). The summed E-state index contributed by atoms with van der Waals surface area (Å²) in [5, 5.41) is 6.36. The predicted molar refractivity (Wildman–Crippen MR) is 87.6 cm³/mol. The molecule has 1 aliphatic heterocycles. The fourth-order valence-electron chi connectivity index (χ4n) is 3.37. The van der Waals surface area contributed by atoms with Gasteiger partial charge in [-0.3, -0.25) is 5.01 Å². The summed E-state index contributed by atoms with van der Waals surface area (Å²) in [5.74, 6) is 0.742. The van der Waals surface area contributed by atoms with Crippen LogP contribution in [0.3, 0.4) is 0 Å². The van der Waals surface area contributed by atoms with Crippen LogP contribution in [-0.4, -0.2) is 10.8 Å². The molecule has 2 N–H and O–H groups in total. The van der Waals surface area contributed by atoms with Crippen molar-refractivity contribution in [2.75, 3.05) is 5.01 Å². The lowest BCUT2D eigenvalue weighted by Crippen LogP contribution is -2.53. The maximum atomic E-state index is 5.54. The van der Waals surface area contributed by atoms with Crippen LogP contribution < -0.4 is 15.8 Å². The molecule has 0 unspecified atom stereocenters. The molecule has 1 saturated heterocycles. The Morgan fingerprint density at radius 1 is 1.30 bits per heavy atom. The molecule has 2 fully saturated rings. The van der Waals surface area contributed by atoms with Gasteiger partial charge in [-0.05, 0) is 74.5 Å². The van der Waals surface area contributed by atoms with Crippen molar-refractivity contribution < 1.29 is 0 Å². The monoisotopic (exact) mass is 289 g/mol. The Bertz CT molecular complexity index is 543. The lowest BCUT2D eigenvalue weighted by atomic mass is 9.83. The zero-order valence-electron chi connectivity index (χ0n) is 12.5. The second-order valence-corrected chi connectivity index (χ2v) is 6.82. The summed E-state index contributed by atoms with van der Waals surface area (Å²) in [6.45, 7) is 6.60. The largest absolute Gasteiger partial charge is 0.342 e. The van der Waals surface area contributed by atoms with Crippen LogP contribution in [-0.2, 0) is 0 Å².